The Labute approximate surface area is 119 Å². The molecule has 8 nitrogen and oxygen atoms in total. The first-order valence-corrected chi connectivity index (χ1v) is 6.21. The third kappa shape index (κ3) is 2.73. The van der Waals surface area contributed by atoms with Crippen molar-refractivity contribution in [2.75, 3.05) is 6.54 Å². The van der Waals surface area contributed by atoms with Crippen LogP contribution in [0.4, 0.5) is 5.69 Å². The summed E-state index contributed by atoms with van der Waals surface area (Å²) in [5.74, 6) is -1.73. The number of rotatable bonds is 2. The molecular weight excluding hydrogens is 278 g/mol. The summed E-state index contributed by atoms with van der Waals surface area (Å²) in [6, 6.07) is 3.24. The third-order valence-electron chi connectivity index (χ3n) is 3.34. The molecule has 1 heterocycles. The molecule has 0 saturated carbocycles. The van der Waals surface area contributed by atoms with E-state index in [1.165, 1.54) is 19.1 Å². The van der Waals surface area contributed by atoms with Gasteiger partial charge in [-0.2, -0.15) is 0 Å². The maximum Gasteiger partial charge on any atom is 0.273 e. The zero-order valence-corrected chi connectivity index (χ0v) is 11.5. The molecule has 0 radical (unpaired) electrons. The standard InChI is InChI=1S/C13H13N3O5/c1-7-3-4-9(5-10(7)16(20)21)13(19)15-6-11(17)14-12(18)8(15)2/h3-5,8H,6H2,1-2H3,(H,14,17,18). The maximum atomic E-state index is 12.4. The Balaban J connectivity index is 2.35. The van der Waals surface area contributed by atoms with Crippen LogP contribution in [-0.4, -0.2) is 40.1 Å². The van der Waals surface area contributed by atoms with Gasteiger partial charge in [0.15, 0.2) is 0 Å². The average molecular weight is 291 g/mol. The van der Waals surface area contributed by atoms with Crippen LogP contribution in [-0.2, 0) is 9.59 Å². The molecule has 0 aliphatic carbocycles. The molecule has 3 amide bonds. The number of amides is 3. The monoisotopic (exact) mass is 291 g/mol. The average Bonchev–Trinajstić information content (AvgIpc) is 2.42. The molecule has 1 N–H and O–H groups in total. The van der Waals surface area contributed by atoms with Gasteiger partial charge in [0.05, 0.1) is 4.92 Å². The lowest BCUT2D eigenvalue weighted by molar-refractivity contribution is -0.385. The van der Waals surface area contributed by atoms with Crippen LogP contribution in [0.5, 0.6) is 0 Å². The minimum absolute atomic E-state index is 0.0710. The molecule has 110 valence electrons. The number of benzene rings is 1. The highest BCUT2D eigenvalue weighted by Crippen LogP contribution is 2.21. The van der Waals surface area contributed by atoms with Gasteiger partial charge in [0.2, 0.25) is 11.8 Å². The highest BCUT2D eigenvalue weighted by atomic mass is 16.6. The molecule has 1 aromatic rings. The van der Waals surface area contributed by atoms with E-state index in [1.807, 2.05) is 0 Å². The van der Waals surface area contributed by atoms with Crippen molar-refractivity contribution in [3.8, 4) is 0 Å². The van der Waals surface area contributed by atoms with Gasteiger partial charge in [0.25, 0.3) is 11.6 Å². The van der Waals surface area contributed by atoms with Gasteiger partial charge < -0.3 is 4.90 Å². The van der Waals surface area contributed by atoms with E-state index in [0.717, 1.165) is 11.0 Å². The van der Waals surface area contributed by atoms with Crippen molar-refractivity contribution in [2.24, 2.45) is 0 Å². The van der Waals surface area contributed by atoms with E-state index >= 15 is 0 Å². The summed E-state index contributed by atoms with van der Waals surface area (Å²) in [5, 5.41) is 13.0. The predicted molar refractivity (Wildman–Crippen MR) is 71.5 cm³/mol. The third-order valence-corrected chi connectivity index (χ3v) is 3.34. The number of carbonyl (C=O) groups excluding carboxylic acids is 3. The summed E-state index contributed by atoms with van der Waals surface area (Å²) in [5.41, 5.74) is 0.319. The molecule has 0 bridgehead atoms. The number of nitrogens with one attached hydrogen (secondary N) is 1. The zero-order valence-electron chi connectivity index (χ0n) is 11.5. The van der Waals surface area contributed by atoms with Crippen LogP contribution in [0.2, 0.25) is 0 Å². The summed E-state index contributed by atoms with van der Waals surface area (Å²) in [7, 11) is 0. The second-order valence-corrected chi connectivity index (χ2v) is 4.78. The predicted octanol–water partition coefficient (Wildman–Crippen LogP) is 0.390. The second-order valence-electron chi connectivity index (χ2n) is 4.78. The Morgan fingerprint density at radius 1 is 1.43 bits per heavy atom. The number of piperazine rings is 1. The molecule has 1 atom stereocenters. The van der Waals surface area contributed by atoms with E-state index in [1.54, 1.807) is 6.92 Å². The Morgan fingerprint density at radius 3 is 2.71 bits per heavy atom. The molecule has 0 aromatic heterocycles. The van der Waals surface area contributed by atoms with Crippen molar-refractivity contribution >= 4 is 23.4 Å². The van der Waals surface area contributed by atoms with E-state index in [9.17, 15) is 24.5 Å². The molecule has 1 aromatic carbocycles. The van der Waals surface area contributed by atoms with Crippen molar-refractivity contribution in [2.45, 2.75) is 19.9 Å². The molecule has 0 spiro atoms. The lowest BCUT2D eigenvalue weighted by Gasteiger charge is -2.31. The van der Waals surface area contributed by atoms with Crippen LogP contribution in [0.3, 0.4) is 0 Å². The molecule has 1 aliphatic rings. The molecule has 1 fully saturated rings. The number of hydrogen-bond donors (Lipinski definition) is 1. The molecule has 2 rings (SSSR count). The summed E-state index contributed by atoms with van der Waals surface area (Å²) < 4.78 is 0. The van der Waals surface area contributed by atoms with Crippen LogP contribution in [0.25, 0.3) is 0 Å². The van der Waals surface area contributed by atoms with Gasteiger partial charge in [-0.25, -0.2) is 0 Å². The fourth-order valence-electron chi connectivity index (χ4n) is 2.07. The van der Waals surface area contributed by atoms with Crippen molar-refractivity contribution < 1.29 is 19.3 Å². The largest absolute Gasteiger partial charge is 0.318 e. The van der Waals surface area contributed by atoms with Gasteiger partial charge >= 0.3 is 0 Å². The molecule has 1 saturated heterocycles. The molecule has 21 heavy (non-hydrogen) atoms. The molecule has 1 aliphatic heterocycles. The number of carbonyl (C=O) groups is 3. The van der Waals surface area contributed by atoms with E-state index in [0.29, 0.717) is 5.56 Å². The van der Waals surface area contributed by atoms with Crippen molar-refractivity contribution in [1.82, 2.24) is 10.2 Å². The number of imide groups is 1. The number of nitrogens with zero attached hydrogens (tertiary/aromatic N) is 2. The van der Waals surface area contributed by atoms with Crippen LogP contribution in [0.15, 0.2) is 18.2 Å². The van der Waals surface area contributed by atoms with Gasteiger partial charge in [-0.1, -0.05) is 6.07 Å². The maximum absolute atomic E-state index is 12.4. The molecule has 1 unspecified atom stereocenters. The zero-order chi connectivity index (χ0) is 15.7. The SMILES string of the molecule is Cc1ccc(C(=O)N2CC(=O)NC(=O)C2C)cc1[N+](=O)[O-]. The number of nitro groups is 1. The smallest absolute Gasteiger partial charge is 0.273 e. The number of nitro benzene ring substituents is 1. The minimum Gasteiger partial charge on any atom is -0.318 e. The Morgan fingerprint density at radius 2 is 2.10 bits per heavy atom. The van der Waals surface area contributed by atoms with Gasteiger partial charge in [-0.05, 0) is 19.9 Å². The van der Waals surface area contributed by atoms with Crippen molar-refractivity contribution in [1.29, 1.82) is 0 Å². The Hall–Kier alpha value is -2.77. The first-order valence-electron chi connectivity index (χ1n) is 6.21. The number of aryl methyl sites for hydroxylation is 1. The first kappa shape index (κ1) is 14.6. The van der Waals surface area contributed by atoms with E-state index < -0.39 is 28.7 Å². The van der Waals surface area contributed by atoms with Crippen LogP contribution in [0.1, 0.15) is 22.8 Å². The fraction of sp³-hybridized carbons (Fsp3) is 0.308. The van der Waals surface area contributed by atoms with Crippen LogP contribution < -0.4 is 5.32 Å². The highest BCUT2D eigenvalue weighted by Gasteiger charge is 2.34. The van der Waals surface area contributed by atoms with E-state index in [4.69, 9.17) is 0 Å². The van der Waals surface area contributed by atoms with Crippen LogP contribution >= 0.6 is 0 Å². The quantitative estimate of drug-likeness (QED) is 0.481. The lowest BCUT2D eigenvalue weighted by Crippen LogP contribution is -2.58. The summed E-state index contributed by atoms with van der Waals surface area (Å²) in [4.78, 5) is 46.7. The number of hydrogen-bond acceptors (Lipinski definition) is 5. The van der Waals surface area contributed by atoms with Gasteiger partial charge in [0, 0.05) is 17.2 Å². The Bertz CT molecular complexity index is 655. The second kappa shape index (κ2) is 5.31. The summed E-state index contributed by atoms with van der Waals surface area (Å²) >= 11 is 0. The Kier molecular flexibility index (Phi) is 3.70. The normalized spacial score (nSPS) is 18.4. The highest BCUT2D eigenvalue weighted by molar-refractivity contribution is 6.07. The summed E-state index contributed by atoms with van der Waals surface area (Å²) in [6.45, 7) is 2.79. The molecular formula is C13H13N3O5. The molecule has 8 heteroatoms. The summed E-state index contributed by atoms with van der Waals surface area (Å²) in [6.07, 6.45) is 0. The van der Waals surface area contributed by atoms with Crippen molar-refractivity contribution in [3.63, 3.8) is 0 Å². The van der Waals surface area contributed by atoms with Gasteiger partial charge in [0.1, 0.15) is 12.6 Å². The lowest BCUT2D eigenvalue weighted by atomic mass is 10.1. The fourth-order valence-corrected chi connectivity index (χ4v) is 2.07. The van der Waals surface area contributed by atoms with E-state index in [-0.39, 0.29) is 17.8 Å². The van der Waals surface area contributed by atoms with Crippen molar-refractivity contribution in [3.05, 3.63) is 39.4 Å². The van der Waals surface area contributed by atoms with Gasteiger partial charge in [-0.15, -0.1) is 0 Å². The topological polar surface area (TPSA) is 110 Å². The minimum atomic E-state index is -0.810. The van der Waals surface area contributed by atoms with Gasteiger partial charge in [-0.3, -0.25) is 29.8 Å². The first-order chi connectivity index (χ1) is 9.81. The van der Waals surface area contributed by atoms with E-state index in [2.05, 4.69) is 5.32 Å². The van der Waals surface area contributed by atoms with Crippen LogP contribution in [0, 0.1) is 17.0 Å².